The number of rotatable bonds is 7. The maximum Gasteiger partial charge on any atom is 0.317 e. The van der Waals surface area contributed by atoms with E-state index in [-0.39, 0.29) is 11.9 Å². The summed E-state index contributed by atoms with van der Waals surface area (Å²) in [7, 11) is 0. The SMILES string of the molecule is CC1CC(C)CN(CCCCNC(=O)N2CCN(C(=O)Cc3ccc(Cl)cc3)CC2)C1. The lowest BCUT2D eigenvalue weighted by atomic mass is 9.92. The Morgan fingerprint density at radius 1 is 0.968 bits per heavy atom. The smallest absolute Gasteiger partial charge is 0.317 e. The van der Waals surface area contributed by atoms with Crippen molar-refractivity contribution in [1.29, 1.82) is 0 Å². The van der Waals surface area contributed by atoms with Gasteiger partial charge >= 0.3 is 6.03 Å². The van der Waals surface area contributed by atoms with E-state index in [4.69, 9.17) is 11.6 Å². The molecule has 3 amide bonds. The van der Waals surface area contributed by atoms with Crippen molar-refractivity contribution in [2.24, 2.45) is 11.8 Å². The minimum Gasteiger partial charge on any atom is -0.339 e. The number of carbonyl (C=O) groups excluding carboxylic acids is 2. The van der Waals surface area contributed by atoms with Crippen LogP contribution in [0.1, 0.15) is 38.7 Å². The van der Waals surface area contributed by atoms with Gasteiger partial charge in [0.15, 0.2) is 0 Å². The highest BCUT2D eigenvalue weighted by Gasteiger charge is 2.24. The molecule has 0 saturated carbocycles. The molecule has 1 aromatic rings. The van der Waals surface area contributed by atoms with E-state index >= 15 is 0 Å². The second-order valence-corrected chi connectivity index (χ2v) is 9.75. The van der Waals surface area contributed by atoms with E-state index in [2.05, 4.69) is 24.1 Å². The number of benzene rings is 1. The molecule has 0 aromatic heterocycles. The molecule has 172 valence electrons. The molecule has 2 atom stereocenters. The number of halogens is 1. The molecule has 0 spiro atoms. The van der Waals surface area contributed by atoms with Crippen LogP contribution < -0.4 is 5.32 Å². The second-order valence-electron chi connectivity index (χ2n) is 9.32. The number of hydrogen-bond acceptors (Lipinski definition) is 3. The molecule has 1 aromatic carbocycles. The minimum atomic E-state index is -0.00924. The van der Waals surface area contributed by atoms with Gasteiger partial charge in [-0.3, -0.25) is 4.79 Å². The molecule has 31 heavy (non-hydrogen) atoms. The predicted molar refractivity (Wildman–Crippen MR) is 125 cm³/mol. The summed E-state index contributed by atoms with van der Waals surface area (Å²) in [6.45, 7) is 11.3. The first-order valence-electron chi connectivity index (χ1n) is 11.7. The molecule has 0 bridgehead atoms. The Labute approximate surface area is 191 Å². The van der Waals surface area contributed by atoms with Crippen molar-refractivity contribution in [3.8, 4) is 0 Å². The lowest BCUT2D eigenvalue weighted by Gasteiger charge is -2.35. The van der Waals surface area contributed by atoms with Crippen LogP contribution in [0.4, 0.5) is 4.79 Å². The molecular weight excluding hydrogens is 412 g/mol. The van der Waals surface area contributed by atoms with Gasteiger partial charge in [-0.15, -0.1) is 0 Å². The summed E-state index contributed by atoms with van der Waals surface area (Å²) in [5.41, 5.74) is 0.961. The number of nitrogens with one attached hydrogen (secondary N) is 1. The predicted octanol–water partition coefficient (Wildman–Crippen LogP) is 3.49. The van der Waals surface area contributed by atoms with Gasteiger partial charge in [-0.05, 0) is 55.3 Å². The summed E-state index contributed by atoms with van der Waals surface area (Å²) < 4.78 is 0. The molecule has 7 heteroatoms. The Morgan fingerprint density at radius 2 is 1.58 bits per heavy atom. The lowest BCUT2D eigenvalue weighted by molar-refractivity contribution is -0.131. The number of hydrogen-bond donors (Lipinski definition) is 1. The molecule has 0 radical (unpaired) electrons. The number of nitrogens with zero attached hydrogens (tertiary/aromatic N) is 3. The first-order chi connectivity index (χ1) is 14.9. The third-order valence-corrected chi connectivity index (χ3v) is 6.56. The van der Waals surface area contributed by atoms with Gasteiger partial charge in [0.05, 0.1) is 6.42 Å². The Morgan fingerprint density at radius 3 is 2.23 bits per heavy atom. The van der Waals surface area contributed by atoms with Crippen LogP contribution in [0.25, 0.3) is 0 Å². The summed E-state index contributed by atoms with van der Waals surface area (Å²) >= 11 is 5.90. The number of urea groups is 1. The summed E-state index contributed by atoms with van der Waals surface area (Å²) in [5.74, 6) is 1.68. The van der Waals surface area contributed by atoms with Crippen molar-refractivity contribution in [2.75, 3.05) is 52.4 Å². The first-order valence-corrected chi connectivity index (χ1v) is 12.1. The third-order valence-electron chi connectivity index (χ3n) is 6.31. The van der Waals surface area contributed by atoms with Crippen LogP contribution in [-0.4, -0.2) is 79.0 Å². The molecule has 2 aliphatic rings. The molecule has 2 aliphatic heterocycles. The number of likely N-dealkylation sites (tertiary alicyclic amines) is 1. The van der Waals surface area contributed by atoms with Gasteiger partial charge in [0.2, 0.25) is 5.91 Å². The Bertz CT molecular complexity index is 709. The maximum absolute atomic E-state index is 12.5. The van der Waals surface area contributed by atoms with Crippen LogP contribution in [0.5, 0.6) is 0 Å². The van der Waals surface area contributed by atoms with Gasteiger partial charge in [0.25, 0.3) is 0 Å². The van der Waals surface area contributed by atoms with E-state index in [0.717, 1.165) is 36.8 Å². The van der Waals surface area contributed by atoms with Gasteiger partial charge in [0.1, 0.15) is 0 Å². The monoisotopic (exact) mass is 448 g/mol. The van der Waals surface area contributed by atoms with Crippen molar-refractivity contribution >= 4 is 23.5 Å². The molecule has 2 heterocycles. The summed E-state index contributed by atoms with van der Waals surface area (Å²) in [6, 6.07) is 7.37. The van der Waals surface area contributed by atoms with Crippen LogP contribution in [0.3, 0.4) is 0 Å². The van der Waals surface area contributed by atoms with E-state index in [9.17, 15) is 9.59 Å². The standard InChI is InChI=1S/C24H37ClN4O2/c1-19-15-20(2)18-27(17-19)10-4-3-9-26-24(31)29-13-11-28(12-14-29)23(30)16-21-5-7-22(25)8-6-21/h5-8,19-20H,3-4,9-18H2,1-2H3,(H,26,31). The van der Waals surface area contributed by atoms with Crippen molar-refractivity contribution in [3.63, 3.8) is 0 Å². The van der Waals surface area contributed by atoms with Crippen LogP contribution >= 0.6 is 11.6 Å². The molecule has 0 aliphatic carbocycles. The van der Waals surface area contributed by atoms with Crippen molar-refractivity contribution in [1.82, 2.24) is 20.0 Å². The molecule has 2 unspecified atom stereocenters. The number of carbonyl (C=O) groups is 2. The average Bonchev–Trinajstić information content (AvgIpc) is 2.74. The van der Waals surface area contributed by atoms with Crippen molar-refractivity contribution in [2.45, 2.75) is 39.5 Å². The van der Waals surface area contributed by atoms with Crippen molar-refractivity contribution in [3.05, 3.63) is 34.9 Å². The number of piperazine rings is 1. The van der Waals surface area contributed by atoms with Crippen LogP contribution in [-0.2, 0) is 11.2 Å². The summed E-state index contributed by atoms with van der Waals surface area (Å²) in [4.78, 5) is 31.2. The molecule has 2 saturated heterocycles. The number of piperidine rings is 1. The fraction of sp³-hybridized carbons (Fsp3) is 0.667. The summed E-state index contributed by atoms with van der Waals surface area (Å²) in [6.07, 6.45) is 3.84. The first kappa shape index (κ1) is 23.9. The van der Waals surface area contributed by atoms with E-state index in [0.29, 0.717) is 44.2 Å². The second kappa shape index (κ2) is 11.7. The zero-order valence-corrected chi connectivity index (χ0v) is 19.7. The summed E-state index contributed by atoms with van der Waals surface area (Å²) in [5, 5.41) is 3.72. The normalized spacial score (nSPS) is 22.4. The van der Waals surface area contributed by atoms with Crippen molar-refractivity contribution < 1.29 is 9.59 Å². The van der Waals surface area contributed by atoms with Crippen LogP contribution in [0.2, 0.25) is 5.02 Å². The maximum atomic E-state index is 12.5. The Balaban J connectivity index is 1.28. The van der Waals surface area contributed by atoms with Crippen LogP contribution in [0.15, 0.2) is 24.3 Å². The van der Waals surface area contributed by atoms with E-state index in [1.54, 1.807) is 12.1 Å². The Hall–Kier alpha value is -1.79. The lowest BCUT2D eigenvalue weighted by Crippen LogP contribution is -2.53. The molecule has 1 N–H and O–H groups in total. The van der Waals surface area contributed by atoms with E-state index in [1.807, 2.05) is 21.9 Å². The average molecular weight is 449 g/mol. The van der Waals surface area contributed by atoms with Gasteiger partial charge in [-0.25, -0.2) is 4.79 Å². The van der Waals surface area contributed by atoms with E-state index < -0.39 is 0 Å². The quantitative estimate of drug-likeness (QED) is 0.649. The molecule has 6 nitrogen and oxygen atoms in total. The highest BCUT2D eigenvalue weighted by atomic mass is 35.5. The van der Waals surface area contributed by atoms with E-state index in [1.165, 1.54) is 19.5 Å². The van der Waals surface area contributed by atoms with Gasteiger partial charge in [0, 0.05) is 50.8 Å². The highest BCUT2D eigenvalue weighted by Crippen LogP contribution is 2.21. The third kappa shape index (κ3) is 7.69. The largest absolute Gasteiger partial charge is 0.339 e. The van der Waals surface area contributed by atoms with Gasteiger partial charge < -0.3 is 20.0 Å². The zero-order chi connectivity index (χ0) is 22.2. The molecule has 2 fully saturated rings. The molecular formula is C24H37ClN4O2. The van der Waals surface area contributed by atoms with Crippen LogP contribution in [0, 0.1) is 11.8 Å². The van der Waals surface area contributed by atoms with Gasteiger partial charge in [-0.2, -0.15) is 0 Å². The fourth-order valence-electron chi connectivity index (χ4n) is 4.79. The molecule has 3 rings (SSSR count). The Kier molecular flexibility index (Phi) is 9.02. The number of unbranched alkanes of at least 4 members (excludes halogenated alkanes) is 1. The van der Waals surface area contributed by atoms with Gasteiger partial charge in [-0.1, -0.05) is 37.6 Å². The zero-order valence-electron chi connectivity index (χ0n) is 19.0. The fourth-order valence-corrected chi connectivity index (χ4v) is 4.92. The minimum absolute atomic E-state index is 0.00924. The number of amides is 3. The topological polar surface area (TPSA) is 55.9 Å². The highest BCUT2D eigenvalue weighted by molar-refractivity contribution is 6.30.